The van der Waals surface area contributed by atoms with Crippen molar-refractivity contribution in [1.82, 2.24) is 10.5 Å². The first-order valence-corrected chi connectivity index (χ1v) is 6.58. The van der Waals surface area contributed by atoms with Gasteiger partial charge in [-0.25, -0.2) is 0 Å². The third-order valence-electron chi connectivity index (χ3n) is 2.77. The minimum Gasteiger partial charge on any atom is -0.361 e. The molecule has 0 aliphatic heterocycles. The van der Waals surface area contributed by atoms with Crippen LogP contribution in [-0.2, 0) is 4.79 Å². The van der Waals surface area contributed by atoms with Crippen LogP contribution in [0.2, 0.25) is 0 Å². The molecule has 1 amide bonds. The summed E-state index contributed by atoms with van der Waals surface area (Å²) >= 11 is 0. The van der Waals surface area contributed by atoms with Crippen LogP contribution in [0.4, 0.5) is 0 Å². The monoisotopic (exact) mass is 266 g/mol. The zero-order valence-electron chi connectivity index (χ0n) is 12.2. The minimum absolute atomic E-state index is 0.0446. The van der Waals surface area contributed by atoms with Crippen molar-refractivity contribution in [3.8, 4) is 0 Å². The molecule has 5 nitrogen and oxygen atoms in total. The highest BCUT2D eigenvalue weighted by Gasteiger charge is 2.25. The number of nitrogens with one attached hydrogen (secondary N) is 1. The van der Waals surface area contributed by atoms with Gasteiger partial charge >= 0.3 is 0 Å². The van der Waals surface area contributed by atoms with Gasteiger partial charge in [-0.2, -0.15) is 0 Å². The standard InChI is InChI=1S/C14H22N2O3/c1-8(2)6-12(17)13(9(3)4)15-14(18)11-7-10(5)19-16-11/h7-9,13H,6H2,1-5H3,(H,15,18)/t13-/m0/s1. The van der Waals surface area contributed by atoms with Gasteiger partial charge in [0, 0.05) is 12.5 Å². The summed E-state index contributed by atoms with van der Waals surface area (Å²) in [5.74, 6) is 0.578. The van der Waals surface area contributed by atoms with Crippen molar-refractivity contribution in [2.24, 2.45) is 11.8 Å². The zero-order valence-corrected chi connectivity index (χ0v) is 12.2. The Morgan fingerprint density at radius 1 is 1.32 bits per heavy atom. The molecule has 0 aliphatic rings. The van der Waals surface area contributed by atoms with Gasteiger partial charge in [-0.15, -0.1) is 0 Å². The molecule has 0 fully saturated rings. The van der Waals surface area contributed by atoms with E-state index in [1.165, 1.54) is 0 Å². The molecule has 1 N–H and O–H groups in total. The van der Waals surface area contributed by atoms with Crippen molar-refractivity contribution in [1.29, 1.82) is 0 Å². The molecular weight excluding hydrogens is 244 g/mol. The number of Topliss-reactive ketones (excluding diaryl/α,β-unsaturated/α-hetero) is 1. The fraction of sp³-hybridized carbons (Fsp3) is 0.643. The molecule has 1 aromatic heterocycles. The molecule has 0 bridgehead atoms. The third kappa shape index (κ3) is 4.50. The summed E-state index contributed by atoms with van der Waals surface area (Å²) < 4.78 is 4.86. The van der Waals surface area contributed by atoms with Gasteiger partial charge in [0.2, 0.25) is 0 Å². The van der Waals surface area contributed by atoms with Crippen LogP contribution in [-0.4, -0.2) is 22.9 Å². The number of rotatable bonds is 6. The van der Waals surface area contributed by atoms with Gasteiger partial charge in [0.15, 0.2) is 11.5 Å². The fourth-order valence-electron chi connectivity index (χ4n) is 1.84. The smallest absolute Gasteiger partial charge is 0.274 e. The molecule has 1 heterocycles. The number of amides is 1. The molecule has 5 heteroatoms. The Hall–Kier alpha value is -1.65. The van der Waals surface area contributed by atoms with Gasteiger partial charge in [-0.05, 0) is 18.8 Å². The van der Waals surface area contributed by atoms with Crippen LogP contribution in [0.1, 0.15) is 50.4 Å². The Morgan fingerprint density at radius 2 is 1.95 bits per heavy atom. The summed E-state index contributed by atoms with van der Waals surface area (Å²) in [4.78, 5) is 24.1. The number of aryl methyl sites for hydroxylation is 1. The van der Waals surface area contributed by atoms with E-state index in [-0.39, 0.29) is 29.2 Å². The molecule has 0 unspecified atom stereocenters. The van der Waals surface area contributed by atoms with E-state index >= 15 is 0 Å². The highest BCUT2D eigenvalue weighted by molar-refractivity contribution is 5.96. The van der Waals surface area contributed by atoms with Gasteiger partial charge in [0.05, 0.1) is 6.04 Å². The average Bonchev–Trinajstić information content (AvgIpc) is 2.70. The number of carbonyl (C=O) groups excluding carboxylic acids is 2. The van der Waals surface area contributed by atoms with Crippen LogP contribution in [0.15, 0.2) is 10.6 Å². The first-order chi connectivity index (χ1) is 8.81. The number of ketones is 1. The van der Waals surface area contributed by atoms with E-state index in [0.717, 1.165) is 0 Å². The van der Waals surface area contributed by atoms with E-state index in [4.69, 9.17) is 4.52 Å². The molecule has 1 rings (SSSR count). The van der Waals surface area contributed by atoms with Crippen molar-refractivity contribution in [2.45, 2.75) is 47.1 Å². The van der Waals surface area contributed by atoms with E-state index in [2.05, 4.69) is 10.5 Å². The van der Waals surface area contributed by atoms with Crippen LogP contribution in [0.5, 0.6) is 0 Å². The number of nitrogens with zero attached hydrogens (tertiary/aromatic N) is 1. The Labute approximate surface area is 113 Å². The lowest BCUT2D eigenvalue weighted by Crippen LogP contribution is -2.44. The predicted octanol–water partition coefficient (Wildman–Crippen LogP) is 2.35. The summed E-state index contributed by atoms with van der Waals surface area (Å²) in [6, 6.07) is 1.08. The predicted molar refractivity (Wildman–Crippen MR) is 71.8 cm³/mol. The normalized spacial score (nSPS) is 12.8. The summed E-state index contributed by atoms with van der Waals surface area (Å²) in [5.41, 5.74) is 0.209. The van der Waals surface area contributed by atoms with Gasteiger partial charge in [0.25, 0.3) is 5.91 Å². The lowest BCUT2D eigenvalue weighted by molar-refractivity contribution is -0.122. The first kappa shape index (κ1) is 15.4. The molecule has 0 aromatic carbocycles. The maximum absolute atomic E-state index is 12.1. The lowest BCUT2D eigenvalue weighted by Gasteiger charge is -2.21. The summed E-state index contributed by atoms with van der Waals surface area (Å²) in [6.45, 7) is 9.51. The molecule has 0 aliphatic carbocycles. The van der Waals surface area contributed by atoms with Crippen molar-refractivity contribution in [3.05, 3.63) is 17.5 Å². The lowest BCUT2D eigenvalue weighted by atomic mass is 9.94. The molecule has 1 atom stereocenters. The summed E-state index contributed by atoms with van der Waals surface area (Å²) in [7, 11) is 0. The van der Waals surface area contributed by atoms with E-state index in [9.17, 15) is 9.59 Å². The van der Waals surface area contributed by atoms with E-state index in [1.807, 2.05) is 27.7 Å². The van der Waals surface area contributed by atoms with Gasteiger partial charge in [-0.3, -0.25) is 9.59 Å². The number of carbonyl (C=O) groups is 2. The van der Waals surface area contributed by atoms with Crippen LogP contribution in [0.3, 0.4) is 0 Å². The second-order valence-corrected chi connectivity index (χ2v) is 5.58. The van der Waals surface area contributed by atoms with Crippen molar-refractivity contribution in [3.63, 3.8) is 0 Å². The maximum atomic E-state index is 12.1. The summed E-state index contributed by atoms with van der Waals surface area (Å²) in [5, 5.41) is 6.39. The topological polar surface area (TPSA) is 72.2 Å². The van der Waals surface area contributed by atoms with E-state index in [0.29, 0.717) is 12.2 Å². The molecule has 106 valence electrons. The Balaban J connectivity index is 2.73. The number of hydrogen-bond acceptors (Lipinski definition) is 4. The highest BCUT2D eigenvalue weighted by Crippen LogP contribution is 2.11. The molecular formula is C14H22N2O3. The largest absolute Gasteiger partial charge is 0.361 e. The Morgan fingerprint density at radius 3 is 2.37 bits per heavy atom. The van der Waals surface area contributed by atoms with Crippen LogP contribution in [0.25, 0.3) is 0 Å². The van der Waals surface area contributed by atoms with Gasteiger partial charge < -0.3 is 9.84 Å². The van der Waals surface area contributed by atoms with Gasteiger partial charge in [0.1, 0.15) is 5.76 Å². The average molecular weight is 266 g/mol. The highest BCUT2D eigenvalue weighted by atomic mass is 16.5. The molecule has 0 saturated heterocycles. The zero-order chi connectivity index (χ0) is 14.6. The van der Waals surface area contributed by atoms with Crippen molar-refractivity contribution >= 4 is 11.7 Å². The van der Waals surface area contributed by atoms with E-state index in [1.54, 1.807) is 13.0 Å². The van der Waals surface area contributed by atoms with Crippen molar-refractivity contribution in [2.75, 3.05) is 0 Å². The van der Waals surface area contributed by atoms with Crippen LogP contribution in [0, 0.1) is 18.8 Å². The fourth-order valence-corrected chi connectivity index (χ4v) is 1.84. The van der Waals surface area contributed by atoms with Crippen LogP contribution >= 0.6 is 0 Å². The SMILES string of the molecule is Cc1cc(C(=O)N[C@H](C(=O)CC(C)C)C(C)C)no1. The van der Waals surface area contributed by atoms with Gasteiger partial charge in [-0.1, -0.05) is 32.9 Å². The quantitative estimate of drug-likeness (QED) is 0.857. The van der Waals surface area contributed by atoms with E-state index < -0.39 is 6.04 Å². The number of hydrogen-bond donors (Lipinski definition) is 1. The molecule has 19 heavy (non-hydrogen) atoms. The molecule has 0 radical (unpaired) electrons. The molecule has 0 spiro atoms. The Bertz CT molecular complexity index is 449. The number of aromatic nitrogens is 1. The maximum Gasteiger partial charge on any atom is 0.274 e. The molecule has 1 aromatic rings. The van der Waals surface area contributed by atoms with Crippen LogP contribution < -0.4 is 5.32 Å². The second-order valence-electron chi connectivity index (χ2n) is 5.58. The first-order valence-electron chi connectivity index (χ1n) is 6.58. The van der Waals surface area contributed by atoms with Crippen molar-refractivity contribution < 1.29 is 14.1 Å². The Kier molecular flexibility index (Phi) is 5.27. The third-order valence-corrected chi connectivity index (χ3v) is 2.77. The minimum atomic E-state index is -0.480. The summed E-state index contributed by atoms with van der Waals surface area (Å²) in [6.07, 6.45) is 0.459. The second kappa shape index (κ2) is 6.50. The molecule has 0 saturated carbocycles.